The van der Waals surface area contributed by atoms with Gasteiger partial charge in [-0.2, -0.15) is 0 Å². The van der Waals surface area contributed by atoms with Gasteiger partial charge in [-0.05, 0) is 12.1 Å². The van der Waals surface area contributed by atoms with E-state index in [4.69, 9.17) is 16.7 Å². The number of carboxylic acids is 1. The molecule has 0 fully saturated rings. The van der Waals surface area contributed by atoms with E-state index in [1.807, 2.05) is 0 Å². The number of fused-ring (bicyclic) bond motifs is 1. The molecule has 0 bridgehead atoms. The van der Waals surface area contributed by atoms with Gasteiger partial charge >= 0.3 is 5.97 Å². The Hall–Kier alpha value is -1.63. The normalized spacial score (nSPS) is 13.5. The number of benzene rings is 2. The maximum Gasteiger partial charge on any atom is 0.307 e. The molecule has 1 atom stereocenters. The van der Waals surface area contributed by atoms with E-state index in [0.29, 0.717) is 15.8 Å². The lowest BCUT2D eigenvalue weighted by Gasteiger charge is -2.20. The molecule has 7 heteroatoms. The number of nitrogens with zero attached hydrogens (tertiary/aromatic N) is 1. The third-order valence-corrected chi connectivity index (χ3v) is 5.68. The minimum Gasteiger partial charge on any atom is -0.481 e. The fourth-order valence-corrected chi connectivity index (χ4v) is 3.87. The van der Waals surface area contributed by atoms with Crippen LogP contribution in [0.3, 0.4) is 0 Å². The monoisotopic (exact) mass is 341 g/mol. The zero-order valence-corrected chi connectivity index (χ0v) is 13.7. The minimum atomic E-state index is -3.80. The van der Waals surface area contributed by atoms with Crippen LogP contribution < -0.4 is 0 Å². The third kappa shape index (κ3) is 3.09. The Balaban J connectivity index is 2.51. The first-order chi connectivity index (χ1) is 10.2. The first-order valence-corrected chi connectivity index (χ1v) is 8.43. The fraction of sp³-hybridized carbons (Fsp3) is 0.267. The van der Waals surface area contributed by atoms with Crippen molar-refractivity contribution < 1.29 is 18.3 Å². The highest BCUT2D eigenvalue weighted by molar-refractivity contribution is 7.89. The topological polar surface area (TPSA) is 74.7 Å². The van der Waals surface area contributed by atoms with Gasteiger partial charge in [-0.25, -0.2) is 12.7 Å². The summed E-state index contributed by atoms with van der Waals surface area (Å²) in [5.74, 6) is -1.83. The van der Waals surface area contributed by atoms with Gasteiger partial charge in [0.25, 0.3) is 0 Å². The largest absolute Gasteiger partial charge is 0.481 e. The van der Waals surface area contributed by atoms with E-state index in [-0.39, 0.29) is 11.4 Å². The Labute approximate surface area is 134 Å². The molecule has 5 nitrogen and oxygen atoms in total. The number of aliphatic carboxylic acids is 1. The van der Waals surface area contributed by atoms with E-state index in [1.165, 1.54) is 26.1 Å². The van der Waals surface area contributed by atoms with Gasteiger partial charge in [0.1, 0.15) is 0 Å². The van der Waals surface area contributed by atoms with Crippen LogP contribution >= 0.6 is 11.6 Å². The summed E-state index contributed by atoms with van der Waals surface area (Å²) in [7, 11) is -2.43. The highest BCUT2D eigenvalue weighted by Gasteiger charge is 2.26. The second-order valence-electron chi connectivity index (χ2n) is 5.12. The molecular weight excluding hydrogens is 326 g/mol. The number of halogens is 1. The Morgan fingerprint density at radius 1 is 1.23 bits per heavy atom. The predicted octanol–water partition coefficient (Wildman–Crippen LogP) is 2.83. The highest BCUT2D eigenvalue weighted by Crippen LogP contribution is 2.30. The summed E-state index contributed by atoms with van der Waals surface area (Å²) in [6.07, 6.45) is 0. The second-order valence-corrected chi connectivity index (χ2v) is 7.54. The molecule has 0 aliphatic rings. The maximum absolute atomic E-state index is 12.7. The van der Waals surface area contributed by atoms with Gasteiger partial charge in [0, 0.05) is 29.4 Å². The van der Waals surface area contributed by atoms with Crippen molar-refractivity contribution in [3.8, 4) is 0 Å². The van der Waals surface area contributed by atoms with Crippen molar-refractivity contribution in [3.05, 3.63) is 41.4 Å². The zero-order valence-electron chi connectivity index (χ0n) is 12.2. The quantitative estimate of drug-likeness (QED) is 0.907. The van der Waals surface area contributed by atoms with E-state index < -0.39 is 21.9 Å². The molecule has 0 heterocycles. The molecule has 22 heavy (non-hydrogen) atoms. The number of hydrogen-bond donors (Lipinski definition) is 1. The molecule has 0 aromatic heterocycles. The summed E-state index contributed by atoms with van der Waals surface area (Å²) in [6.45, 7) is 1.36. The average molecular weight is 342 g/mol. The summed E-state index contributed by atoms with van der Waals surface area (Å²) >= 11 is 6.10. The SMILES string of the molecule is CC(CN(C)S(=O)(=O)c1ccc(Cl)c2ccccc12)C(=O)O. The van der Waals surface area contributed by atoms with Gasteiger partial charge in [-0.3, -0.25) is 4.79 Å². The van der Waals surface area contributed by atoms with E-state index in [1.54, 1.807) is 24.3 Å². The van der Waals surface area contributed by atoms with Gasteiger partial charge in [-0.15, -0.1) is 0 Å². The summed E-state index contributed by atoms with van der Waals surface area (Å²) < 4.78 is 26.5. The Kier molecular flexibility index (Phi) is 4.75. The standard InChI is InChI=1S/C15H16ClNO4S/c1-10(15(18)19)9-17(2)22(20,21)14-8-7-13(16)11-5-3-4-6-12(11)14/h3-8,10H,9H2,1-2H3,(H,18,19). The molecular formula is C15H16ClNO4S. The van der Waals surface area contributed by atoms with Crippen molar-refractivity contribution in [3.63, 3.8) is 0 Å². The molecule has 118 valence electrons. The molecule has 1 N–H and O–H groups in total. The van der Waals surface area contributed by atoms with E-state index in [0.717, 1.165) is 4.31 Å². The molecule has 2 rings (SSSR count). The van der Waals surface area contributed by atoms with Gasteiger partial charge in [0.05, 0.1) is 10.8 Å². The number of rotatable bonds is 5. The first kappa shape index (κ1) is 16.7. The van der Waals surface area contributed by atoms with Gasteiger partial charge < -0.3 is 5.11 Å². The lowest BCUT2D eigenvalue weighted by molar-refractivity contribution is -0.141. The first-order valence-electron chi connectivity index (χ1n) is 6.61. The van der Waals surface area contributed by atoms with Crippen LogP contribution in [-0.2, 0) is 14.8 Å². The zero-order chi connectivity index (χ0) is 16.5. The molecule has 2 aromatic carbocycles. The maximum atomic E-state index is 12.7. The molecule has 0 radical (unpaired) electrons. The van der Waals surface area contributed by atoms with Crippen LogP contribution in [-0.4, -0.2) is 37.4 Å². The van der Waals surface area contributed by atoms with Crippen molar-refractivity contribution in [2.45, 2.75) is 11.8 Å². The lowest BCUT2D eigenvalue weighted by Crippen LogP contribution is -2.33. The molecule has 0 amide bonds. The molecule has 0 spiro atoms. The Morgan fingerprint density at radius 2 is 1.82 bits per heavy atom. The summed E-state index contributed by atoms with van der Waals surface area (Å²) in [4.78, 5) is 11.0. The van der Waals surface area contributed by atoms with Crippen molar-refractivity contribution in [2.24, 2.45) is 5.92 Å². The smallest absolute Gasteiger partial charge is 0.307 e. The van der Waals surface area contributed by atoms with E-state index in [2.05, 4.69) is 0 Å². The van der Waals surface area contributed by atoms with E-state index >= 15 is 0 Å². The van der Waals surface area contributed by atoms with Crippen LogP contribution in [0.1, 0.15) is 6.92 Å². The third-order valence-electron chi connectivity index (χ3n) is 3.47. The summed E-state index contributed by atoms with van der Waals surface area (Å²) in [6, 6.07) is 9.92. The predicted molar refractivity (Wildman–Crippen MR) is 85.6 cm³/mol. The number of carbonyl (C=O) groups is 1. The van der Waals surface area contributed by atoms with Gasteiger partial charge in [0.2, 0.25) is 10.0 Å². The van der Waals surface area contributed by atoms with Crippen molar-refractivity contribution >= 4 is 38.4 Å². The van der Waals surface area contributed by atoms with Crippen molar-refractivity contribution in [1.82, 2.24) is 4.31 Å². The Bertz CT molecular complexity index is 819. The van der Waals surface area contributed by atoms with Crippen LogP contribution in [0.15, 0.2) is 41.3 Å². The summed E-state index contributed by atoms with van der Waals surface area (Å²) in [5.41, 5.74) is 0. The van der Waals surface area contributed by atoms with E-state index in [9.17, 15) is 13.2 Å². The van der Waals surface area contributed by atoms with Crippen LogP contribution in [0.2, 0.25) is 5.02 Å². The molecule has 0 saturated heterocycles. The molecule has 0 aliphatic carbocycles. The number of hydrogen-bond acceptors (Lipinski definition) is 3. The van der Waals surface area contributed by atoms with Crippen LogP contribution in [0.4, 0.5) is 0 Å². The van der Waals surface area contributed by atoms with Crippen LogP contribution in [0.5, 0.6) is 0 Å². The fourth-order valence-electron chi connectivity index (χ4n) is 2.19. The molecule has 0 aliphatic heterocycles. The Morgan fingerprint density at radius 3 is 2.41 bits per heavy atom. The average Bonchev–Trinajstić information content (AvgIpc) is 2.47. The van der Waals surface area contributed by atoms with Crippen LogP contribution in [0.25, 0.3) is 10.8 Å². The minimum absolute atomic E-state index is 0.103. The number of carboxylic acid groups (broad SMARTS) is 1. The van der Waals surface area contributed by atoms with Crippen molar-refractivity contribution in [2.75, 3.05) is 13.6 Å². The summed E-state index contributed by atoms with van der Waals surface area (Å²) in [5, 5.41) is 10.6. The molecule has 0 saturated carbocycles. The number of sulfonamides is 1. The molecule has 2 aromatic rings. The van der Waals surface area contributed by atoms with Crippen LogP contribution in [0, 0.1) is 5.92 Å². The van der Waals surface area contributed by atoms with Gasteiger partial charge in [-0.1, -0.05) is 42.8 Å². The lowest BCUT2D eigenvalue weighted by atomic mass is 10.1. The highest BCUT2D eigenvalue weighted by atomic mass is 35.5. The molecule has 1 unspecified atom stereocenters. The second kappa shape index (κ2) is 6.24. The van der Waals surface area contributed by atoms with Crippen molar-refractivity contribution in [1.29, 1.82) is 0 Å². The van der Waals surface area contributed by atoms with Gasteiger partial charge in [0.15, 0.2) is 0 Å².